The summed E-state index contributed by atoms with van der Waals surface area (Å²) >= 11 is 0. The first-order valence-corrected chi connectivity index (χ1v) is 11.7. The Morgan fingerprint density at radius 1 is 0.976 bits per heavy atom. The van der Waals surface area contributed by atoms with Gasteiger partial charge in [-0.1, -0.05) is 0 Å². The van der Waals surface area contributed by atoms with Crippen molar-refractivity contribution >= 4 is 23.5 Å². The first-order chi connectivity index (χ1) is 19.1. The van der Waals surface area contributed by atoms with Crippen LogP contribution in [0.3, 0.4) is 0 Å². The molecule has 0 saturated carbocycles. The van der Waals surface area contributed by atoms with Crippen LogP contribution >= 0.6 is 0 Å². The zero-order valence-corrected chi connectivity index (χ0v) is 21.1. The third-order valence-electron chi connectivity index (χ3n) is 5.74. The fourth-order valence-electron chi connectivity index (χ4n) is 3.71. The molecule has 0 unspecified atom stereocenters. The van der Waals surface area contributed by atoms with E-state index in [4.69, 9.17) is 9.47 Å². The second kappa shape index (κ2) is 12.8. The summed E-state index contributed by atoms with van der Waals surface area (Å²) in [5.74, 6) is -2.02. The van der Waals surface area contributed by atoms with Crippen molar-refractivity contribution in [2.45, 2.75) is 19.0 Å². The van der Waals surface area contributed by atoms with Crippen LogP contribution in [0.1, 0.15) is 11.1 Å². The van der Waals surface area contributed by atoms with Gasteiger partial charge in [0.15, 0.2) is 5.75 Å². The molecule has 0 aromatic heterocycles. The molecule has 1 saturated heterocycles. The van der Waals surface area contributed by atoms with Gasteiger partial charge in [-0.05, 0) is 36.4 Å². The molecule has 17 heteroatoms. The van der Waals surface area contributed by atoms with Crippen molar-refractivity contribution in [1.29, 1.82) is 0 Å². The average molecular weight is 603 g/mol. The number of urea groups is 1. The Labute approximate surface area is 226 Å². The van der Waals surface area contributed by atoms with Crippen LogP contribution in [0.25, 0.3) is 0 Å². The highest BCUT2D eigenvalue weighted by Crippen LogP contribution is 2.47. The first kappa shape index (κ1) is 31.8. The van der Waals surface area contributed by atoms with Crippen molar-refractivity contribution < 1.29 is 63.3 Å². The highest BCUT2D eigenvalue weighted by Gasteiger charge is 2.44. The van der Waals surface area contributed by atoms with E-state index < -0.39 is 66.1 Å². The van der Waals surface area contributed by atoms with Crippen molar-refractivity contribution in [3.05, 3.63) is 53.3 Å². The lowest BCUT2D eigenvalue weighted by Gasteiger charge is -2.26. The molecular formula is C24H22F9N3O5. The molecule has 1 aliphatic heterocycles. The van der Waals surface area contributed by atoms with E-state index >= 15 is 0 Å². The van der Waals surface area contributed by atoms with Gasteiger partial charge in [0.05, 0.1) is 31.1 Å². The van der Waals surface area contributed by atoms with Crippen LogP contribution in [0.2, 0.25) is 0 Å². The summed E-state index contributed by atoms with van der Waals surface area (Å²) in [5.41, 5.74) is -4.69. The molecule has 0 N–H and O–H groups in total. The first-order valence-electron chi connectivity index (χ1n) is 11.7. The molecule has 1 fully saturated rings. The summed E-state index contributed by atoms with van der Waals surface area (Å²) in [7, 11) is 1.07. The van der Waals surface area contributed by atoms with Crippen LogP contribution in [0.15, 0.2) is 36.4 Å². The Morgan fingerprint density at radius 3 is 2.22 bits per heavy atom. The third-order valence-corrected chi connectivity index (χ3v) is 5.74. The molecule has 3 amide bonds. The van der Waals surface area contributed by atoms with Gasteiger partial charge >= 0.3 is 31.1 Å². The van der Waals surface area contributed by atoms with Crippen LogP contribution in [0.4, 0.5) is 60.5 Å². The van der Waals surface area contributed by atoms with E-state index in [1.54, 1.807) is 0 Å². The molecule has 0 aliphatic carbocycles. The molecular weight excluding hydrogens is 581 g/mol. The SMILES string of the molecule is CN(C(=O)Oc1c(N2CCN(CCOCCOC(F)F)C2=O)cc(C(F)(F)F)cc1C(F)(F)F)c1ccc(F)cc1. The van der Waals surface area contributed by atoms with E-state index in [0.717, 1.165) is 36.2 Å². The zero-order valence-electron chi connectivity index (χ0n) is 21.1. The predicted molar refractivity (Wildman–Crippen MR) is 124 cm³/mol. The van der Waals surface area contributed by atoms with E-state index in [9.17, 15) is 49.1 Å². The number of alkyl halides is 8. The Balaban J connectivity index is 1.92. The summed E-state index contributed by atoms with van der Waals surface area (Å²) < 4.78 is 134. The Morgan fingerprint density at radius 2 is 1.63 bits per heavy atom. The summed E-state index contributed by atoms with van der Waals surface area (Å²) in [4.78, 5) is 28.1. The maximum Gasteiger partial charge on any atom is 0.420 e. The predicted octanol–water partition coefficient (Wildman–Crippen LogP) is 6.00. The second-order valence-corrected chi connectivity index (χ2v) is 8.44. The Hall–Kier alpha value is -3.73. The lowest BCUT2D eigenvalue weighted by atomic mass is 10.1. The lowest BCUT2D eigenvalue weighted by Crippen LogP contribution is -2.35. The number of rotatable bonds is 10. The van der Waals surface area contributed by atoms with Gasteiger partial charge in [0.2, 0.25) is 0 Å². The highest BCUT2D eigenvalue weighted by atomic mass is 19.4. The van der Waals surface area contributed by atoms with Crippen LogP contribution in [0.5, 0.6) is 5.75 Å². The van der Waals surface area contributed by atoms with E-state index in [1.807, 2.05) is 0 Å². The molecule has 41 heavy (non-hydrogen) atoms. The number of hydrogen-bond acceptors (Lipinski definition) is 5. The molecule has 0 bridgehead atoms. The third kappa shape index (κ3) is 8.16. The molecule has 1 aliphatic rings. The molecule has 8 nitrogen and oxygen atoms in total. The van der Waals surface area contributed by atoms with Gasteiger partial charge in [-0.25, -0.2) is 14.0 Å². The molecule has 1 heterocycles. The van der Waals surface area contributed by atoms with Gasteiger partial charge in [0.1, 0.15) is 11.4 Å². The number of ether oxygens (including phenoxy) is 3. The van der Waals surface area contributed by atoms with E-state index in [0.29, 0.717) is 9.80 Å². The van der Waals surface area contributed by atoms with Crippen LogP contribution in [0, 0.1) is 5.82 Å². The minimum atomic E-state index is -5.45. The van der Waals surface area contributed by atoms with Crippen LogP contribution in [-0.2, 0) is 21.8 Å². The zero-order chi connectivity index (χ0) is 30.5. The van der Waals surface area contributed by atoms with Crippen LogP contribution in [-0.4, -0.2) is 70.1 Å². The quantitative estimate of drug-likeness (QED) is 0.246. The standard InChI is InChI=1S/C24H22F9N3O5/c1-34(16-4-2-15(25)3-5-16)22(38)41-19-17(24(31,32)33)12-14(23(28,29)30)13-18(19)36-7-6-35(21(36)37)8-9-39-10-11-40-20(26)27/h2-5,12-13,20H,6-11H2,1H3. The molecule has 0 atom stereocenters. The lowest BCUT2D eigenvalue weighted by molar-refractivity contribution is -0.143. The summed E-state index contributed by atoms with van der Waals surface area (Å²) in [5, 5.41) is 0. The van der Waals surface area contributed by atoms with Gasteiger partial charge in [-0.15, -0.1) is 0 Å². The number of amides is 3. The van der Waals surface area contributed by atoms with E-state index in [-0.39, 0.29) is 50.7 Å². The number of anilines is 2. The number of halogens is 9. The van der Waals surface area contributed by atoms with Crippen molar-refractivity contribution in [3.8, 4) is 5.75 Å². The average Bonchev–Trinajstić information content (AvgIpc) is 3.24. The smallest absolute Gasteiger partial charge is 0.407 e. The van der Waals surface area contributed by atoms with Gasteiger partial charge in [-0.3, -0.25) is 9.80 Å². The molecule has 0 spiro atoms. The van der Waals surface area contributed by atoms with Crippen molar-refractivity contribution in [2.24, 2.45) is 0 Å². The minimum absolute atomic E-state index is 0.0132. The summed E-state index contributed by atoms with van der Waals surface area (Å²) in [6.45, 7) is -4.66. The fourth-order valence-corrected chi connectivity index (χ4v) is 3.71. The number of carbonyl (C=O) groups excluding carboxylic acids is 2. The minimum Gasteiger partial charge on any atom is -0.407 e. The largest absolute Gasteiger partial charge is 0.420 e. The number of nitrogens with zero attached hydrogens (tertiary/aromatic N) is 3. The van der Waals surface area contributed by atoms with Gasteiger partial charge in [0, 0.05) is 32.4 Å². The molecule has 226 valence electrons. The highest BCUT2D eigenvalue weighted by molar-refractivity contribution is 5.97. The van der Waals surface area contributed by atoms with Gasteiger partial charge in [-0.2, -0.15) is 35.1 Å². The van der Waals surface area contributed by atoms with Crippen molar-refractivity contribution in [2.75, 3.05) is 56.3 Å². The van der Waals surface area contributed by atoms with Gasteiger partial charge < -0.3 is 19.1 Å². The number of carbonyl (C=O) groups is 2. The Bertz CT molecular complexity index is 1220. The molecule has 0 radical (unpaired) electrons. The monoisotopic (exact) mass is 603 g/mol. The fraction of sp³-hybridized carbons (Fsp3) is 0.417. The second-order valence-electron chi connectivity index (χ2n) is 8.44. The van der Waals surface area contributed by atoms with E-state index in [1.165, 1.54) is 0 Å². The molecule has 3 rings (SSSR count). The van der Waals surface area contributed by atoms with Crippen molar-refractivity contribution in [1.82, 2.24) is 4.90 Å². The number of hydrogen-bond donors (Lipinski definition) is 0. The van der Waals surface area contributed by atoms with E-state index in [2.05, 4.69) is 4.74 Å². The van der Waals surface area contributed by atoms with Gasteiger partial charge in [0.25, 0.3) is 0 Å². The van der Waals surface area contributed by atoms with Crippen molar-refractivity contribution in [3.63, 3.8) is 0 Å². The topological polar surface area (TPSA) is 71.6 Å². The normalized spacial score (nSPS) is 14.3. The maximum atomic E-state index is 14.0. The molecule has 2 aromatic rings. The number of benzene rings is 2. The Kier molecular flexibility index (Phi) is 9.96. The summed E-state index contributed by atoms with van der Waals surface area (Å²) in [6, 6.07) is 3.13. The van der Waals surface area contributed by atoms with Crippen LogP contribution < -0.4 is 14.5 Å². The molecule has 2 aromatic carbocycles. The maximum absolute atomic E-state index is 14.0. The summed E-state index contributed by atoms with van der Waals surface area (Å²) in [6.07, 6.45) is -12.2.